The summed E-state index contributed by atoms with van der Waals surface area (Å²) in [6.07, 6.45) is 3.32. The van der Waals surface area contributed by atoms with Gasteiger partial charge in [0.15, 0.2) is 0 Å². The Hall–Kier alpha value is -2.41. The molecule has 1 saturated heterocycles. The molecule has 1 N–H and O–H groups in total. The second-order valence-corrected chi connectivity index (χ2v) is 7.12. The fraction of sp³-hybridized carbons (Fsp3) is 0.526. The van der Waals surface area contributed by atoms with Crippen LogP contribution in [-0.4, -0.2) is 51.1 Å². The quantitative estimate of drug-likeness (QED) is 0.883. The van der Waals surface area contributed by atoms with Crippen LogP contribution in [0.3, 0.4) is 0 Å². The molecule has 7 nitrogen and oxygen atoms in total. The fourth-order valence-electron chi connectivity index (χ4n) is 3.32. The molecule has 1 aliphatic heterocycles. The number of aromatic nitrogens is 3. The third kappa shape index (κ3) is 3.72. The van der Waals surface area contributed by atoms with Crippen LogP contribution >= 0.6 is 0 Å². The Morgan fingerprint density at radius 1 is 1.38 bits per heavy atom. The van der Waals surface area contributed by atoms with Crippen LogP contribution in [0.1, 0.15) is 44.0 Å². The van der Waals surface area contributed by atoms with Crippen LogP contribution < -0.4 is 4.74 Å². The number of hydrogen-bond donors (Lipinski definition) is 1. The van der Waals surface area contributed by atoms with E-state index in [1.54, 1.807) is 22.9 Å². The molecule has 140 valence electrons. The number of likely N-dealkylation sites (tertiary alicyclic amines) is 1. The van der Waals surface area contributed by atoms with Gasteiger partial charge in [-0.15, -0.1) is 5.10 Å². The Labute approximate surface area is 153 Å². The number of piperidine rings is 1. The zero-order valence-electron chi connectivity index (χ0n) is 15.6. The second-order valence-electron chi connectivity index (χ2n) is 7.12. The van der Waals surface area contributed by atoms with E-state index in [1.165, 1.54) is 0 Å². The van der Waals surface area contributed by atoms with E-state index in [2.05, 4.69) is 10.3 Å². The lowest BCUT2D eigenvalue weighted by atomic mass is 9.89. The normalized spacial score (nSPS) is 20.4. The molecule has 3 rings (SSSR count). The highest BCUT2D eigenvalue weighted by molar-refractivity contribution is 5.79. The number of carbonyl (C=O) groups excluding carboxylic acids is 1. The average molecular weight is 358 g/mol. The number of ether oxygens (including phenoxy) is 1. The highest BCUT2D eigenvalue weighted by atomic mass is 16.5. The lowest BCUT2D eigenvalue weighted by molar-refractivity contribution is -0.138. The van der Waals surface area contributed by atoms with Crippen molar-refractivity contribution in [3.05, 3.63) is 41.7 Å². The first kappa shape index (κ1) is 18.4. The zero-order chi connectivity index (χ0) is 18.7. The smallest absolute Gasteiger partial charge is 0.227 e. The standard InChI is InChI=1S/C19H26N4O3/c1-14(2)23-12-17(20-21-23)19(25)9-6-10-22(13-19)18(24)11-15-7-4-5-8-16(15)26-3/h4-5,7-8,12,14,25H,6,9-11,13H2,1-3H3. The van der Waals surface area contributed by atoms with Crippen molar-refractivity contribution in [3.63, 3.8) is 0 Å². The van der Waals surface area contributed by atoms with Crippen LogP contribution in [0.2, 0.25) is 0 Å². The summed E-state index contributed by atoms with van der Waals surface area (Å²) in [5.41, 5.74) is 0.225. The van der Waals surface area contributed by atoms with Gasteiger partial charge >= 0.3 is 0 Å². The second kappa shape index (κ2) is 7.45. The minimum Gasteiger partial charge on any atom is -0.496 e. The summed E-state index contributed by atoms with van der Waals surface area (Å²) in [7, 11) is 1.60. The molecule has 26 heavy (non-hydrogen) atoms. The van der Waals surface area contributed by atoms with Crippen LogP contribution in [0.4, 0.5) is 0 Å². The Kier molecular flexibility index (Phi) is 5.27. The Bertz CT molecular complexity index is 774. The summed E-state index contributed by atoms with van der Waals surface area (Å²) in [5.74, 6) is 0.678. The average Bonchev–Trinajstić information content (AvgIpc) is 3.13. The van der Waals surface area contributed by atoms with Crippen molar-refractivity contribution < 1.29 is 14.6 Å². The number of aliphatic hydroxyl groups is 1. The Morgan fingerprint density at radius 3 is 2.85 bits per heavy atom. The molecule has 7 heteroatoms. The van der Waals surface area contributed by atoms with Gasteiger partial charge in [0.1, 0.15) is 17.0 Å². The minimum atomic E-state index is -1.15. The number of hydrogen-bond acceptors (Lipinski definition) is 5. The van der Waals surface area contributed by atoms with Crippen molar-refractivity contribution in [2.75, 3.05) is 20.2 Å². The SMILES string of the molecule is COc1ccccc1CC(=O)N1CCCC(O)(c2cn(C(C)C)nn2)C1. The van der Waals surface area contributed by atoms with E-state index in [1.807, 2.05) is 38.1 Å². The first-order valence-corrected chi connectivity index (χ1v) is 8.97. The summed E-state index contributed by atoms with van der Waals surface area (Å²) in [6, 6.07) is 7.68. The number of amides is 1. The van der Waals surface area contributed by atoms with E-state index in [9.17, 15) is 9.90 Å². The van der Waals surface area contributed by atoms with Crippen LogP contribution in [0.25, 0.3) is 0 Å². The zero-order valence-corrected chi connectivity index (χ0v) is 15.6. The number of nitrogens with zero attached hydrogens (tertiary/aromatic N) is 4. The monoisotopic (exact) mass is 358 g/mol. The molecule has 0 bridgehead atoms. The van der Waals surface area contributed by atoms with Crippen molar-refractivity contribution in [1.29, 1.82) is 0 Å². The highest BCUT2D eigenvalue weighted by Crippen LogP contribution is 2.31. The molecule has 0 aliphatic carbocycles. The van der Waals surface area contributed by atoms with Gasteiger partial charge in [0.25, 0.3) is 0 Å². The molecule has 2 aromatic rings. The Balaban J connectivity index is 1.73. The summed E-state index contributed by atoms with van der Waals surface area (Å²) in [6.45, 7) is 4.88. The number of carbonyl (C=O) groups is 1. The van der Waals surface area contributed by atoms with Gasteiger partial charge in [0, 0.05) is 18.2 Å². The molecule has 1 atom stereocenters. The molecule has 0 saturated carbocycles. The molecular formula is C19H26N4O3. The van der Waals surface area contributed by atoms with E-state index in [4.69, 9.17) is 4.74 Å². The Morgan fingerprint density at radius 2 is 2.15 bits per heavy atom. The first-order chi connectivity index (χ1) is 12.4. The topological polar surface area (TPSA) is 80.5 Å². The molecule has 1 aliphatic rings. The van der Waals surface area contributed by atoms with Crippen molar-refractivity contribution in [2.45, 2.75) is 44.8 Å². The van der Waals surface area contributed by atoms with E-state index in [0.717, 1.165) is 12.0 Å². The molecule has 1 unspecified atom stereocenters. The van der Waals surface area contributed by atoms with Crippen molar-refractivity contribution in [2.24, 2.45) is 0 Å². The van der Waals surface area contributed by atoms with E-state index in [-0.39, 0.29) is 24.9 Å². The van der Waals surface area contributed by atoms with Crippen molar-refractivity contribution >= 4 is 5.91 Å². The molecule has 0 radical (unpaired) electrons. The minimum absolute atomic E-state index is 0.0242. The van der Waals surface area contributed by atoms with Gasteiger partial charge in [-0.2, -0.15) is 0 Å². The maximum atomic E-state index is 12.8. The maximum Gasteiger partial charge on any atom is 0.227 e. The van der Waals surface area contributed by atoms with Crippen molar-refractivity contribution in [1.82, 2.24) is 19.9 Å². The largest absolute Gasteiger partial charge is 0.496 e. The number of para-hydroxylation sites is 1. The maximum absolute atomic E-state index is 12.8. The van der Waals surface area contributed by atoms with Gasteiger partial charge < -0.3 is 14.7 Å². The third-order valence-electron chi connectivity index (χ3n) is 4.87. The van der Waals surface area contributed by atoms with Gasteiger partial charge in [-0.25, -0.2) is 4.68 Å². The van der Waals surface area contributed by atoms with Gasteiger partial charge in [0.2, 0.25) is 5.91 Å². The summed E-state index contributed by atoms with van der Waals surface area (Å²) >= 11 is 0. The van der Waals surface area contributed by atoms with Gasteiger partial charge in [-0.3, -0.25) is 4.79 Å². The summed E-state index contributed by atoms with van der Waals surface area (Å²) < 4.78 is 7.05. The molecule has 1 amide bonds. The predicted molar refractivity (Wildman–Crippen MR) is 96.8 cm³/mol. The van der Waals surface area contributed by atoms with Crippen LogP contribution in [0.5, 0.6) is 5.75 Å². The van der Waals surface area contributed by atoms with E-state index < -0.39 is 5.60 Å². The molecule has 0 spiro atoms. The van der Waals surface area contributed by atoms with E-state index >= 15 is 0 Å². The number of methoxy groups -OCH3 is 1. The van der Waals surface area contributed by atoms with Crippen molar-refractivity contribution in [3.8, 4) is 5.75 Å². The molecule has 2 heterocycles. The van der Waals surface area contributed by atoms with Gasteiger partial charge in [-0.05, 0) is 32.8 Å². The first-order valence-electron chi connectivity index (χ1n) is 8.97. The molecule has 1 aromatic heterocycles. The van der Waals surface area contributed by atoms with Gasteiger partial charge in [-0.1, -0.05) is 23.4 Å². The lowest BCUT2D eigenvalue weighted by Gasteiger charge is -2.38. The summed E-state index contributed by atoms with van der Waals surface area (Å²) in [5, 5.41) is 19.3. The molecule has 1 fully saturated rings. The molecule has 1 aromatic carbocycles. The fourth-order valence-corrected chi connectivity index (χ4v) is 3.32. The number of benzene rings is 1. The van der Waals surface area contributed by atoms with E-state index in [0.29, 0.717) is 24.4 Å². The van der Waals surface area contributed by atoms with Gasteiger partial charge in [0.05, 0.1) is 26.3 Å². The van der Waals surface area contributed by atoms with Crippen LogP contribution in [0.15, 0.2) is 30.5 Å². The molecular weight excluding hydrogens is 332 g/mol. The highest BCUT2D eigenvalue weighted by Gasteiger charge is 2.39. The summed E-state index contributed by atoms with van der Waals surface area (Å²) in [4.78, 5) is 14.5. The predicted octanol–water partition coefficient (Wildman–Crippen LogP) is 1.92. The number of rotatable bonds is 5. The van der Waals surface area contributed by atoms with Crippen LogP contribution in [0, 0.1) is 0 Å². The van der Waals surface area contributed by atoms with Crippen LogP contribution in [-0.2, 0) is 16.8 Å². The number of β-amino-alcohol motifs (C(OH)–C–C–N with tert-alkyl or cyclic N) is 1. The third-order valence-corrected chi connectivity index (χ3v) is 4.87. The lowest BCUT2D eigenvalue weighted by Crippen LogP contribution is -2.49.